The zero-order valence-electron chi connectivity index (χ0n) is 17.7. The number of halogens is 6. The molecule has 0 radical (unpaired) electrons. The molecule has 0 atom stereocenters. The van der Waals surface area contributed by atoms with Crippen molar-refractivity contribution in [2.24, 2.45) is 5.92 Å². The van der Waals surface area contributed by atoms with Crippen molar-refractivity contribution in [3.8, 4) is 0 Å². The number of hydrogen-bond acceptors (Lipinski definition) is 6. The third-order valence-electron chi connectivity index (χ3n) is 5.09. The number of alkyl halides is 6. The van der Waals surface area contributed by atoms with E-state index in [2.05, 4.69) is 9.46 Å². The molecular formula is C18H22F6N2O6S2. The molecule has 2 rings (SSSR count). The van der Waals surface area contributed by atoms with Crippen LogP contribution in [0, 0.1) is 5.92 Å². The molecule has 194 valence electrons. The van der Waals surface area contributed by atoms with Crippen LogP contribution in [0.2, 0.25) is 0 Å². The molecule has 0 bridgehead atoms. The first kappa shape index (κ1) is 28.2. The molecule has 1 saturated heterocycles. The maximum Gasteiger partial charge on any atom is 0.434 e. The van der Waals surface area contributed by atoms with E-state index in [0.29, 0.717) is 6.42 Å². The zero-order valence-corrected chi connectivity index (χ0v) is 19.3. The highest BCUT2D eigenvalue weighted by Gasteiger charge is 2.60. The second-order valence-corrected chi connectivity index (χ2v) is 11.5. The van der Waals surface area contributed by atoms with Crippen LogP contribution in [-0.4, -0.2) is 72.2 Å². The molecule has 34 heavy (non-hydrogen) atoms. The highest BCUT2D eigenvalue weighted by atomic mass is 32.2. The quantitative estimate of drug-likeness (QED) is 0.533. The van der Waals surface area contributed by atoms with Crippen LogP contribution in [0.4, 0.5) is 31.1 Å². The van der Waals surface area contributed by atoms with Crippen molar-refractivity contribution in [3.63, 3.8) is 0 Å². The highest BCUT2D eigenvalue weighted by molar-refractivity contribution is 7.90. The molecule has 0 aliphatic carbocycles. The second-order valence-electron chi connectivity index (χ2n) is 7.71. The minimum absolute atomic E-state index is 0.0184. The van der Waals surface area contributed by atoms with Crippen LogP contribution in [0.1, 0.15) is 19.3 Å². The number of sulfone groups is 1. The van der Waals surface area contributed by atoms with Gasteiger partial charge in [0.25, 0.3) is 6.10 Å². The molecule has 1 fully saturated rings. The summed E-state index contributed by atoms with van der Waals surface area (Å²) in [5.74, 6) is -0.139. The lowest BCUT2D eigenvalue weighted by molar-refractivity contribution is -0.308. The summed E-state index contributed by atoms with van der Waals surface area (Å²) >= 11 is 0. The standard InChI is InChI=1S/C18H22F6N2O6S2/c1-33(28,29)13-2-4-14(5-3-13)34(30,31)25-9-6-12-7-10-26(11-8-12)16(27)32-15(17(19,20)21)18(22,23)24/h2-5,12,15,25H,6-11H2,1H3. The maximum absolute atomic E-state index is 12.5. The first-order valence-corrected chi connectivity index (χ1v) is 13.2. The Morgan fingerprint density at radius 2 is 1.47 bits per heavy atom. The number of hydrogen-bond donors (Lipinski definition) is 1. The summed E-state index contributed by atoms with van der Waals surface area (Å²) in [6.07, 6.45) is -15.8. The monoisotopic (exact) mass is 540 g/mol. The summed E-state index contributed by atoms with van der Waals surface area (Å²) in [6.45, 7) is -0.313. The summed E-state index contributed by atoms with van der Waals surface area (Å²) in [5, 5.41) is 0. The van der Waals surface area contributed by atoms with Gasteiger partial charge < -0.3 is 9.64 Å². The molecule has 1 aliphatic heterocycles. The minimum atomic E-state index is -5.80. The van der Waals surface area contributed by atoms with Crippen molar-refractivity contribution < 1.29 is 52.7 Å². The fourth-order valence-corrected chi connectivity index (χ4v) is 4.92. The number of rotatable bonds is 7. The summed E-state index contributed by atoms with van der Waals surface area (Å²) in [7, 11) is -7.42. The van der Waals surface area contributed by atoms with E-state index in [4.69, 9.17) is 0 Å². The number of amides is 1. The Bertz CT molecular complexity index is 1050. The Morgan fingerprint density at radius 1 is 1.00 bits per heavy atom. The predicted molar refractivity (Wildman–Crippen MR) is 106 cm³/mol. The van der Waals surface area contributed by atoms with Gasteiger partial charge in [0, 0.05) is 25.9 Å². The smallest absolute Gasteiger partial charge is 0.426 e. The fraction of sp³-hybridized carbons (Fsp3) is 0.611. The van der Waals surface area contributed by atoms with E-state index in [9.17, 15) is 48.0 Å². The van der Waals surface area contributed by atoms with Crippen LogP contribution in [0.3, 0.4) is 0 Å². The van der Waals surface area contributed by atoms with Gasteiger partial charge in [0.05, 0.1) is 9.79 Å². The van der Waals surface area contributed by atoms with E-state index in [1.54, 1.807) is 0 Å². The Kier molecular flexibility index (Phi) is 8.51. The van der Waals surface area contributed by atoms with E-state index in [1.807, 2.05) is 0 Å². The van der Waals surface area contributed by atoms with Crippen LogP contribution in [-0.2, 0) is 24.6 Å². The molecule has 0 spiro atoms. The molecular weight excluding hydrogens is 518 g/mol. The number of benzene rings is 1. The molecule has 16 heteroatoms. The topological polar surface area (TPSA) is 110 Å². The van der Waals surface area contributed by atoms with Crippen LogP contribution in [0.25, 0.3) is 0 Å². The summed E-state index contributed by atoms with van der Waals surface area (Å²) in [4.78, 5) is 12.3. The summed E-state index contributed by atoms with van der Waals surface area (Å²) in [6, 6.07) is 4.58. The van der Waals surface area contributed by atoms with Crippen molar-refractivity contribution in [1.29, 1.82) is 0 Å². The van der Waals surface area contributed by atoms with Crippen molar-refractivity contribution in [1.82, 2.24) is 9.62 Å². The second kappa shape index (κ2) is 10.3. The number of carbonyl (C=O) groups is 1. The van der Waals surface area contributed by atoms with Gasteiger partial charge in [-0.25, -0.2) is 26.4 Å². The Labute approximate surface area is 192 Å². The lowest BCUT2D eigenvalue weighted by Crippen LogP contribution is -2.49. The highest BCUT2D eigenvalue weighted by Crippen LogP contribution is 2.36. The largest absolute Gasteiger partial charge is 0.434 e. The molecule has 0 aromatic heterocycles. The molecule has 1 aliphatic rings. The van der Waals surface area contributed by atoms with Gasteiger partial charge in [0.2, 0.25) is 10.0 Å². The van der Waals surface area contributed by atoms with Gasteiger partial charge in [-0.1, -0.05) is 0 Å². The molecule has 0 saturated carbocycles. The van der Waals surface area contributed by atoms with Gasteiger partial charge in [0.1, 0.15) is 0 Å². The fourth-order valence-electron chi connectivity index (χ4n) is 3.25. The van der Waals surface area contributed by atoms with Gasteiger partial charge >= 0.3 is 18.4 Å². The predicted octanol–water partition coefficient (Wildman–Crippen LogP) is 3.10. The number of nitrogens with zero attached hydrogens (tertiary/aromatic N) is 1. The first-order valence-electron chi connectivity index (χ1n) is 9.80. The van der Waals surface area contributed by atoms with Crippen molar-refractivity contribution >= 4 is 26.0 Å². The number of sulfonamides is 1. The third kappa shape index (κ3) is 7.73. The number of nitrogens with one attached hydrogen (secondary N) is 1. The molecule has 1 amide bonds. The SMILES string of the molecule is CS(=O)(=O)c1ccc(S(=O)(=O)NCCC2CCN(C(=O)OC(C(F)(F)F)C(F)(F)F)CC2)cc1. The van der Waals surface area contributed by atoms with E-state index in [-0.39, 0.29) is 48.2 Å². The minimum Gasteiger partial charge on any atom is -0.426 e. The average molecular weight is 541 g/mol. The van der Waals surface area contributed by atoms with Gasteiger partial charge in [-0.2, -0.15) is 26.3 Å². The van der Waals surface area contributed by atoms with E-state index in [0.717, 1.165) is 35.4 Å². The van der Waals surface area contributed by atoms with Crippen LogP contribution < -0.4 is 4.72 Å². The van der Waals surface area contributed by atoms with Crippen molar-refractivity contribution in [2.45, 2.75) is 47.5 Å². The van der Waals surface area contributed by atoms with Gasteiger partial charge in [-0.3, -0.25) is 0 Å². The maximum atomic E-state index is 12.5. The number of piperidine rings is 1. The summed E-state index contributed by atoms with van der Waals surface area (Å²) < 4.78 is 129. The molecule has 8 nitrogen and oxygen atoms in total. The summed E-state index contributed by atoms with van der Waals surface area (Å²) in [5.41, 5.74) is 0. The van der Waals surface area contributed by atoms with Crippen LogP contribution in [0.5, 0.6) is 0 Å². The molecule has 1 heterocycles. The lowest BCUT2D eigenvalue weighted by atomic mass is 9.94. The molecule has 1 aromatic rings. The van der Waals surface area contributed by atoms with Crippen LogP contribution in [0.15, 0.2) is 34.1 Å². The zero-order chi connectivity index (χ0) is 25.9. The first-order chi connectivity index (χ1) is 15.4. The van der Waals surface area contributed by atoms with E-state index < -0.39 is 44.4 Å². The third-order valence-corrected chi connectivity index (χ3v) is 7.70. The number of likely N-dealkylation sites (tertiary alicyclic amines) is 1. The Hall–Kier alpha value is -2.07. The Balaban J connectivity index is 1.84. The molecule has 1 N–H and O–H groups in total. The average Bonchev–Trinajstić information content (AvgIpc) is 2.70. The number of ether oxygens (including phenoxy) is 1. The lowest BCUT2D eigenvalue weighted by Gasteiger charge is -2.33. The number of carbonyl (C=O) groups excluding carboxylic acids is 1. The van der Waals surface area contributed by atoms with E-state index >= 15 is 0 Å². The van der Waals surface area contributed by atoms with Crippen LogP contribution >= 0.6 is 0 Å². The van der Waals surface area contributed by atoms with Crippen molar-refractivity contribution in [3.05, 3.63) is 24.3 Å². The van der Waals surface area contributed by atoms with Gasteiger partial charge in [-0.15, -0.1) is 0 Å². The normalized spacial score (nSPS) is 16.6. The van der Waals surface area contributed by atoms with Crippen molar-refractivity contribution in [2.75, 3.05) is 25.9 Å². The van der Waals surface area contributed by atoms with Gasteiger partial charge in [-0.05, 0) is 49.4 Å². The molecule has 1 aromatic carbocycles. The van der Waals surface area contributed by atoms with Gasteiger partial charge in [0.15, 0.2) is 9.84 Å². The molecule has 0 unspecified atom stereocenters. The Morgan fingerprint density at radius 3 is 1.91 bits per heavy atom. The van der Waals surface area contributed by atoms with E-state index in [1.165, 1.54) is 0 Å².